The largest absolute Gasteiger partial charge is 0.393 e. The SMILES string of the molecule is CC(C)CCNc1ncnc(-n2nnc3ccccc32)c1N. The van der Waals surface area contributed by atoms with Gasteiger partial charge in [-0.25, -0.2) is 9.97 Å². The first-order valence-corrected chi connectivity index (χ1v) is 7.32. The smallest absolute Gasteiger partial charge is 0.184 e. The van der Waals surface area contributed by atoms with Gasteiger partial charge >= 0.3 is 0 Å². The van der Waals surface area contributed by atoms with Gasteiger partial charge < -0.3 is 11.1 Å². The number of anilines is 2. The second kappa shape index (κ2) is 5.97. The summed E-state index contributed by atoms with van der Waals surface area (Å²) < 4.78 is 1.64. The minimum atomic E-state index is 0.474. The lowest BCUT2D eigenvalue weighted by Gasteiger charge is -2.12. The molecule has 1 aromatic carbocycles. The van der Waals surface area contributed by atoms with Gasteiger partial charge in [-0.3, -0.25) is 0 Å². The maximum Gasteiger partial charge on any atom is 0.184 e. The van der Waals surface area contributed by atoms with E-state index in [2.05, 4.69) is 39.4 Å². The third-order valence-corrected chi connectivity index (χ3v) is 3.43. The van der Waals surface area contributed by atoms with Crippen molar-refractivity contribution in [3.05, 3.63) is 30.6 Å². The van der Waals surface area contributed by atoms with E-state index in [1.807, 2.05) is 24.3 Å². The van der Waals surface area contributed by atoms with E-state index in [1.165, 1.54) is 6.33 Å². The monoisotopic (exact) mass is 297 g/mol. The van der Waals surface area contributed by atoms with Gasteiger partial charge in [0.25, 0.3) is 0 Å². The average molecular weight is 297 g/mol. The summed E-state index contributed by atoms with van der Waals surface area (Å²) in [5.74, 6) is 1.79. The standard InChI is InChI=1S/C15H19N7/c1-10(2)7-8-17-14-13(16)15(19-9-18-14)22-12-6-4-3-5-11(12)20-21-22/h3-6,9-10H,7-8,16H2,1-2H3,(H,17,18,19). The van der Waals surface area contributed by atoms with Gasteiger partial charge in [0, 0.05) is 6.54 Å². The van der Waals surface area contributed by atoms with Crippen LogP contribution in [-0.2, 0) is 0 Å². The number of para-hydroxylation sites is 1. The summed E-state index contributed by atoms with van der Waals surface area (Å²) in [5, 5.41) is 11.5. The Morgan fingerprint density at radius 1 is 1.23 bits per heavy atom. The molecule has 0 aliphatic carbocycles. The highest BCUT2D eigenvalue weighted by Gasteiger charge is 2.13. The number of nitrogens with zero attached hydrogens (tertiary/aromatic N) is 5. The Labute approximate surface area is 128 Å². The molecule has 0 atom stereocenters. The van der Waals surface area contributed by atoms with E-state index in [4.69, 9.17) is 5.73 Å². The Kier molecular flexibility index (Phi) is 3.86. The second-order valence-electron chi connectivity index (χ2n) is 5.56. The minimum absolute atomic E-state index is 0.474. The van der Waals surface area contributed by atoms with Crippen molar-refractivity contribution in [1.29, 1.82) is 0 Å². The summed E-state index contributed by atoms with van der Waals surface area (Å²) in [6.45, 7) is 5.17. The lowest BCUT2D eigenvalue weighted by atomic mass is 10.1. The zero-order valence-electron chi connectivity index (χ0n) is 12.7. The topological polar surface area (TPSA) is 94.5 Å². The Morgan fingerprint density at radius 2 is 2.05 bits per heavy atom. The molecule has 22 heavy (non-hydrogen) atoms. The average Bonchev–Trinajstić information content (AvgIpc) is 2.93. The van der Waals surface area contributed by atoms with Gasteiger partial charge in [0.15, 0.2) is 11.6 Å². The number of nitrogen functional groups attached to an aromatic ring is 1. The van der Waals surface area contributed by atoms with Crippen LogP contribution < -0.4 is 11.1 Å². The molecule has 0 radical (unpaired) electrons. The number of fused-ring (bicyclic) bond motifs is 1. The number of nitrogens with one attached hydrogen (secondary N) is 1. The molecule has 2 heterocycles. The lowest BCUT2D eigenvalue weighted by molar-refractivity contribution is 0.606. The van der Waals surface area contributed by atoms with Gasteiger partial charge in [0.1, 0.15) is 17.5 Å². The molecule has 2 aromatic heterocycles. The summed E-state index contributed by atoms with van der Waals surface area (Å²) in [4.78, 5) is 8.48. The van der Waals surface area contributed by atoms with Crippen LogP contribution in [0, 0.1) is 5.92 Å². The van der Waals surface area contributed by atoms with Crippen LogP contribution in [0.4, 0.5) is 11.5 Å². The van der Waals surface area contributed by atoms with Crippen LogP contribution in [0.5, 0.6) is 0 Å². The van der Waals surface area contributed by atoms with Crippen molar-refractivity contribution in [3.8, 4) is 5.82 Å². The van der Waals surface area contributed by atoms with Crippen molar-refractivity contribution in [3.63, 3.8) is 0 Å². The number of aromatic nitrogens is 5. The van der Waals surface area contributed by atoms with E-state index in [0.29, 0.717) is 23.2 Å². The van der Waals surface area contributed by atoms with Gasteiger partial charge in [-0.2, -0.15) is 4.68 Å². The first kappa shape index (κ1) is 14.2. The molecule has 0 unspecified atom stereocenters. The molecule has 0 saturated heterocycles. The maximum absolute atomic E-state index is 6.21. The van der Waals surface area contributed by atoms with Crippen molar-refractivity contribution in [2.75, 3.05) is 17.6 Å². The summed E-state index contributed by atoms with van der Waals surface area (Å²) in [5.41, 5.74) is 8.34. The van der Waals surface area contributed by atoms with Crippen molar-refractivity contribution < 1.29 is 0 Å². The number of nitrogens with two attached hydrogens (primary N) is 1. The van der Waals surface area contributed by atoms with E-state index < -0.39 is 0 Å². The molecule has 0 aliphatic rings. The molecule has 7 heteroatoms. The predicted molar refractivity (Wildman–Crippen MR) is 86.8 cm³/mol. The van der Waals surface area contributed by atoms with E-state index >= 15 is 0 Å². The highest BCUT2D eigenvalue weighted by Crippen LogP contribution is 2.23. The molecule has 0 bridgehead atoms. The third-order valence-electron chi connectivity index (χ3n) is 3.43. The normalized spacial score (nSPS) is 11.2. The second-order valence-corrected chi connectivity index (χ2v) is 5.56. The molecule has 114 valence electrons. The fraction of sp³-hybridized carbons (Fsp3) is 0.333. The zero-order chi connectivity index (χ0) is 15.5. The zero-order valence-corrected chi connectivity index (χ0v) is 12.7. The van der Waals surface area contributed by atoms with E-state index in [-0.39, 0.29) is 0 Å². The maximum atomic E-state index is 6.21. The van der Waals surface area contributed by atoms with Crippen LogP contribution in [0.25, 0.3) is 16.9 Å². The molecular weight excluding hydrogens is 278 g/mol. The molecular formula is C15H19N7. The molecule has 0 aliphatic heterocycles. The number of hydrogen-bond donors (Lipinski definition) is 2. The molecule has 0 spiro atoms. The Bertz CT molecular complexity index is 778. The third kappa shape index (κ3) is 2.69. The van der Waals surface area contributed by atoms with Gasteiger partial charge in [0.05, 0.1) is 5.52 Å². The van der Waals surface area contributed by atoms with Crippen molar-refractivity contribution in [2.45, 2.75) is 20.3 Å². The van der Waals surface area contributed by atoms with Crippen molar-refractivity contribution >= 4 is 22.5 Å². The summed E-state index contributed by atoms with van der Waals surface area (Å²) in [6.07, 6.45) is 2.53. The van der Waals surface area contributed by atoms with Crippen molar-refractivity contribution in [1.82, 2.24) is 25.0 Å². The number of rotatable bonds is 5. The molecule has 3 N–H and O–H groups in total. The Balaban J connectivity index is 1.94. The number of hydrogen-bond acceptors (Lipinski definition) is 6. The Morgan fingerprint density at radius 3 is 2.86 bits per heavy atom. The van der Waals surface area contributed by atoms with E-state index in [0.717, 1.165) is 24.0 Å². The van der Waals surface area contributed by atoms with Crippen LogP contribution in [0.2, 0.25) is 0 Å². The molecule has 3 aromatic rings. The highest BCUT2D eigenvalue weighted by atomic mass is 15.4. The fourth-order valence-corrected chi connectivity index (χ4v) is 2.20. The minimum Gasteiger partial charge on any atom is -0.393 e. The highest BCUT2D eigenvalue weighted by molar-refractivity contribution is 5.78. The lowest BCUT2D eigenvalue weighted by Crippen LogP contribution is -2.12. The van der Waals surface area contributed by atoms with Gasteiger partial charge in [0.2, 0.25) is 0 Å². The van der Waals surface area contributed by atoms with Crippen LogP contribution in [0.1, 0.15) is 20.3 Å². The quantitative estimate of drug-likeness (QED) is 0.750. The summed E-state index contributed by atoms with van der Waals surface area (Å²) in [7, 11) is 0. The molecule has 3 rings (SSSR count). The van der Waals surface area contributed by atoms with E-state index in [1.54, 1.807) is 4.68 Å². The van der Waals surface area contributed by atoms with E-state index in [9.17, 15) is 0 Å². The molecule has 0 amide bonds. The van der Waals surface area contributed by atoms with Crippen LogP contribution in [-0.4, -0.2) is 31.5 Å². The Hall–Kier alpha value is -2.70. The first-order valence-electron chi connectivity index (χ1n) is 7.32. The van der Waals surface area contributed by atoms with Gasteiger partial charge in [-0.05, 0) is 24.5 Å². The van der Waals surface area contributed by atoms with Crippen LogP contribution in [0.3, 0.4) is 0 Å². The molecule has 0 saturated carbocycles. The molecule has 7 nitrogen and oxygen atoms in total. The van der Waals surface area contributed by atoms with Gasteiger partial charge in [-0.15, -0.1) is 5.10 Å². The molecule has 0 fully saturated rings. The van der Waals surface area contributed by atoms with Crippen molar-refractivity contribution in [2.24, 2.45) is 5.92 Å². The van der Waals surface area contributed by atoms with Crippen LogP contribution >= 0.6 is 0 Å². The van der Waals surface area contributed by atoms with Crippen LogP contribution in [0.15, 0.2) is 30.6 Å². The summed E-state index contributed by atoms with van der Waals surface area (Å²) in [6, 6.07) is 7.69. The fourth-order valence-electron chi connectivity index (χ4n) is 2.20. The number of benzene rings is 1. The predicted octanol–water partition coefficient (Wildman–Crippen LogP) is 2.25. The first-order chi connectivity index (χ1) is 10.7. The summed E-state index contributed by atoms with van der Waals surface area (Å²) >= 11 is 0. The van der Waals surface area contributed by atoms with Gasteiger partial charge in [-0.1, -0.05) is 31.2 Å².